The number of rotatable bonds is 7. The minimum Gasteiger partial charge on any atom is -0.496 e. The van der Waals surface area contributed by atoms with Crippen molar-refractivity contribution < 1.29 is 23.7 Å². The number of benzene rings is 1. The molecule has 0 radical (unpaired) electrons. The van der Waals surface area contributed by atoms with Crippen LogP contribution in [-0.4, -0.2) is 33.9 Å². The first kappa shape index (κ1) is 19.3. The Balaban J connectivity index is 0.00000400. The molecule has 21 heavy (non-hydrogen) atoms. The van der Waals surface area contributed by atoms with E-state index in [2.05, 4.69) is 0 Å². The number of methoxy groups -OCH3 is 3. The fraction of sp³-hybridized carbons (Fsp3) is 0.500. The van der Waals surface area contributed by atoms with Crippen molar-refractivity contribution in [1.29, 1.82) is 0 Å². The van der Waals surface area contributed by atoms with Crippen molar-refractivity contribution in [3.63, 3.8) is 0 Å². The topological polar surface area (TPSA) is 80.0 Å². The van der Waals surface area contributed by atoms with E-state index in [1.807, 2.05) is 0 Å². The van der Waals surface area contributed by atoms with Crippen LogP contribution in [0.25, 0.3) is 0 Å². The predicted molar refractivity (Wildman–Crippen MR) is 81.5 cm³/mol. The Morgan fingerprint density at radius 3 is 2.10 bits per heavy atom. The average Bonchev–Trinajstić information content (AvgIpc) is 2.45. The molecular formula is C14H22ClNO5. The molecule has 0 saturated heterocycles. The number of carbonyl (C=O) groups is 1. The van der Waals surface area contributed by atoms with E-state index in [0.717, 1.165) is 0 Å². The molecule has 1 rings (SSSR count). The molecule has 0 fully saturated rings. The van der Waals surface area contributed by atoms with E-state index in [-0.39, 0.29) is 24.8 Å². The molecule has 0 spiro atoms. The van der Waals surface area contributed by atoms with Crippen LogP contribution in [0.2, 0.25) is 0 Å². The largest absolute Gasteiger partial charge is 0.496 e. The molecular weight excluding hydrogens is 298 g/mol. The Bertz CT molecular complexity index is 467. The lowest BCUT2D eigenvalue weighted by Crippen LogP contribution is -2.18. The monoisotopic (exact) mass is 319 g/mol. The Morgan fingerprint density at radius 2 is 1.62 bits per heavy atom. The number of hydrogen-bond acceptors (Lipinski definition) is 6. The van der Waals surface area contributed by atoms with Crippen LogP contribution in [0.3, 0.4) is 0 Å². The van der Waals surface area contributed by atoms with Crippen molar-refractivity contribution in [2.24, 2.45) is 5.73 Å². The van der Waals surface area contributed by atoms with Gasteiger partial charge in [0.05, 0.1) is 34.4 Å². The van der Waals surface area contributed by atoms with Crippen molar-refractivity contribution in [1.82, 2.24) is 0 Å². The van der Waals surface area contributed by atoms with Crippen LogP contribution >= 0.6 is 12.4 Å². The van der Waals surface area contributed by atoms with E-state index in [0.29, 0.717) is 29.4 Å². The van der Waals surface area contributed by atoms with Gasteiger partial charge in [-0.1, -0.05) is 0 Å². The molecule has 120 valence electrons. The predicted octanol–water partition coefficient (Wildman–Crippen LogP) is 2.09. The van der Waals surface area contributed by atoms with Gasteiger partial charge in [-0.05, 0) is 13.0 Å². The maximum absolute atomic E-state index is 11.5. The SMILES string of the molecule is CCOC(=O)C[C@@H](N)c1cc(OC)c(OC)cc1OC.Cl. The lowest BCUT2D eigenvalue weighted by Gasteiger charge is -2.18. The van der Waals surface area contributed by atoms with Gasteiger partial charge in [-0.15, -0.1) is 12.4 Å². The van der Waals surface area contributed by atoms with Gasteiger partial charge in [0.15, 0.2) is 11.5 Å². The molecule has 0 amide bonds. The van der Waals surface area contributed by atoms with Crippen LogP contribution in [0.4, 0.5) is 0 Å². The van der Waals surface area contributed by atoms with Crippen molar-refractivity contribution in [2.75, 3.05) is 27.9 Å². The number of hydrogen-bond donors (Lipinski definition) is 1. The molecule has 2 N–H and O–H groups in total. The van der Waals surface area contributed by atoms with Crippen molar-refractivity contribution in [3.8, 4) is 17.2 Å². The Kier molecular flexibility index (Phi) is 8.57. The zero-order valence-corrected chi connectivity index (χ0v) is 13.5. The lowest BCUT2D eigenvalue weighted by atomic mass is 10.0. The van der Waals surface area contributed by atoms with E-state index in [1.165, 1.54) is 21.3 Å². The third kappa shape index (κ3) is 4.99. The standard InChI is InChI=1S/C14H21NO5.ClH/c1-5-20-14(16)7-10(15)9-6-12(18-3)13(19-4)8-11(9)17-2;/h6,8,10H,5,7,15H2,1-4H3;1H/t10-;/m1./s1. The lowest BCUT2D eigenvalue weighted by molar-refractivity contribution is -0.143. The highest BCUT2D eigenvalue weighted by molar-refractivity contribution is 5.85. The molecule has 1 aromatic carbocycles. The van der Waals surface area contributed by atoms with Gasteiger partial charge in [-0.2, -0.15) is 0 Å². The van der Waals surface area contributed by atoms with Gasteiger partial charge in [-0.3, -0.25) is 4.79 Å². The van der Waals surface area contributed by atoms with Gasteiger partial charge in [0.1, 0.15) is 5.75 Å². The van der Waals surface area contributed by atoms with Crippen LogP contribution in [-0.2, 0) is 9.53 Å². The van der Waals surface area contributed by atoms with Gasteiger partial charge in [0, 0.05) is 17.7 Å². The quantitative estimate of drug-likeness (QED) is 0.775. The molecule has 0 aromatic heterocycles. The summed E-state index contributed by atoms with van der Waals surface area (Å²) >= 11 is 0. The summed E-state index contributed by atoms with van der Waals surface area (Å²) in [6.45, 7) is 2.08. The smallest absolute Gasteiger partial charge is 0.307 e. The maximum Gasteiger partial charge on any atom is 0.307 e. The van der Waals surface area contributed by atoms with Crippen LogP contribution in [0.5, 0.6) is 17.2 Å². The van der Waals surface area contributed by atoms with Gasteiger partial charge >= 0.3 is 5.97 Å². The van der Waals surface area contributed by atoms with E-state index in [1.54, 1.807) is 19.1 Å². The van der Waals surface area contributed by atoms with Crippen LogP contribution < -0.4 is 19.9 Å². The summed E-state index contributed by atoms with van der Waals surface area (Å²) in [5, 5.41) is 0. The molecule has 0 aliphatic rings. The van der Waals surface area contributed by atoms with Gasteiger partial charge in [0.25, 0.3) is 0 Å². The minimum atomic E-state index is -0.538. The zero-order chi connectivity index (χ0) is 15.1. The molecule has 0 aliphatic carbocycles. The minimum absolute atomic E-state index is 0. The first-order chi connectivity index (χ1) is 9.57. The summed E-state index contributed by atoms with van der Waals surface area (Å²) in [5.41, 5.74) is 6.71. The number of carbonyl (C=O) groups excluding carboxylic acids is 1. The summed E-state index contributed by atoms with van der Waals surface area (Å²) in [6, 6.07) is 2.85. The zero-order valence-electron chi connectivity index (χ0n) is 12.7. The van der Waals surface area contributed by atoms with Crippen LogP contribution in [0, 0.1) is 0 Å². The van der Waals surface area contributed by atoms with Gasteiger partial charge in [-0.25, -0.2) is 0 Å². The molecule has 0 aliphatic heterocycles. The first-order valence-electron chi connectivity index (χ1n) is 6.28. The van der Waals surface area contributed by atoms with Crippen LogP contribution in [0.1, 0.15) is 24.9 Å². The van der Waals surface area contributed by atoms with Crippen LogP contribution in [0.15, 0.2) is 12.1 Å². The summed E-state index contributed by atoms with van der Waals surface area (Å²) in [4.78, 5) is 11.5. The summed E-state index contributed by atoms with van der Waals surface area (Å²) in [6.07, 6.45) is 0.0691. The highest BCUT2D eigenvalue weighted by Gasteiger charge is 2.20. The third-order valence-electron chi connectivity index (χ3n) is 2.83. The van der Waals surface area contributed by atoms with E-state index >= 15 is 0 Å². The van der Waals surface area contributed by atoms with Gasteiger partial charge in [0.2, 0.25) is 0 Å². The molecule has 0 heterocycles. The van der Waals surface area contributed by atoms with Gasteiger partial charge < -0.3 is 24.7 Å². The average molecular weight is 320 g/mol. The summed E-state index contributed by atoms with van der Waals surface area (Å²) in [5.74, 6) is 1.26. The summed E-state index contributed by atoms with van der Waals surface area (Å²) in [7, 11) is 4.60. The molecule has 0 saturated carbocycles. The first-order valence-corrected chi connectivity index (χ1v) is 6.28. The molecule has 7 heteroatoms. The maximum atomic E-state index is 11.5. The molecule has 0 unspecified atom stereocenters. The summed E-state index contributed by atoms with van der Waals surface area (Å²) < 4.78 is 20.6. The second kappa shape index (κ2) is 9.31. The van der Waals surface area contributed by atoms with Crippen molar-refractivity contribution in [2.45, 2.75) is 19.4 Å². The normalized spacial score (nSPS) is 11.1. The second-order valence-corrected chi connectivity index (χ2v) is 4.06. The van der Waals surface area contributed by atoms with Crippen molar-refractivity contribution >= 4 is 18.4 Å². The molecule has 0 bridgehead atoms. The highest BCUT2D eigenvalue weighted by atomic mass is 35.5. The molecule has 6 nitrogen and oxygen atoms in total. The Morgan fingerprint density at radius 1 is 1.10 bits per heavy atom. The Hall–Kier alpha value is -1.66. The molecule has 1 aromatic rings. The number of halogens is 1. The Labute approximate surface area is 130 Å². The van der Waals surface area contributed by atoms with E-state index < -0.39 is 6.04 Å². The molecule has 1 atom stereocenters. The fourth-order valence-corrected chi connectivity index (χ4v) is 1.85. The van der Waals surface area contributed by atoms with E-state index in [4.69, 9.17) is 24.7 Å². The second-order valence-electron chi connectivity index (χ2n) is 4.06. The number of nitrogens with two attached hydrogens (primary N) is 1. The van der Waals surface area contributed by atoms with E-state index in [9.17, 15) is 4.79 Å². The number of ether oxygens (including phenoxy) is 4. The number of esters is 1. The fourth-order valence-electron chi connectivity index (χ4n) is 1.85. The third-order valence-corrected chi connectivity index (χ3v) is 2.83. The highest BCUT2D eigenvalue weighted by Crippen LogP contribution is 2.37. The van der Waals surface area contributed by atoms with Crippen molar-refractivity contribution in [3.05, 3.63) is 17.7 Å².